The third kappa shape index (κ3) is 1.93. The maximum Gasteiger partial charge on any atom is 0.320 e. The van der Waals surface area contributed by atoms with E-state index in [1.54, 1.807) is 0 Å². The van der Waals surface area contributed by atoms with Crippen molar-refractivity contribution in [2.45, 2.75) is 26.1 Å². The molecule has 2 rings (SSSR count). The summed E-state index contributed by atoms with van der Waals surface area (Å²) in [6.45, 7) is 1.89. The van der Waals surface area contributed by atoms with Gasteiger partial charge in [0.25, 0.3) is 6.29 Å². The zero-order valence-corrected chi connectivity index (χ0v) is 8.43. The predicted molar refractivity (Wildman–Crippen MR) is 51.6 cm³/mol. The van der Waals surface area contributed by atoms with Crippen LogP contribution in [0.25, 0.3) is 0 Å². The lowest BCUT2D eigenvalue weighted by atomic mass is 9.83. The number of hydrogen-bond donors (Lipinski definition) is 0. The highest BCUT2D eigenvalue weighted by atomic mass is 16.7. The molecule has 1 aliphatic heterocycles. The van der Waals surface area contributed by atoms with Gasteiger partial charge in [0.1, 0.15) is 6.42 Å². The topological polar surface area (TPSA) is 52.6 Å². The Morgan fingerprint density at radius 3 is 2.47 bits per heavy atom. The lowest BCUT2D eigenvalue weighted by Crippen LogP contribution is -2.43. The fraction of sp³-hybridized carbons (Fsp3) is 0.455. The van der Waals surface area contributed by atoms with Crippen LogP contribution in [0.5, 0.6) is 0 Å². The van der Waals surface area contributed by atoms with E-state index in [1.807, 2.05) is 31.2 Å². The molecule has 4 nitrogen and oxygen atoms in total. The van der Waals surface area contributed by atoms with E-state index in [0.29, 0.717) is 6.42 Å². The van der Waals surface area contributed by atoms with E-state index in [9.17, 15) is 9.59 Å². The molecule has 15 heavy (non-hydrogen) atoms. The van der Waals surface area contributed by atoms with E-state index in [-0.39, 0.29) is 6.42 Å². The molecule has 1 unspecified atom stereocenters. The Hall–Kier alpha value is -1.58. The zero-order chi connectivity index (χ0) is 10.9. The van der Waals surface area contributed by atoms with E-state index in [0.717, 1.165) is 0 Å². The van der Waals surface area contributed by atoms with E-state index in [4.69, 9.17) is 9.47 Å². The highest BCUT2D eigenvalue weighted by Gasteiger charge is 2.41. The van der Waals surface area contributed by atoms with Crippen LogP contribution in [-0.4, -0.2) is 18.2 Å². The maximum atomic E-state index is 11.1. The number of allylic oxidation sites excluding steroid dienone is 3. The van der Waals surface area contributed by atoms with Crippen LogP contribution in [0.1, 0.15) is 19.8 Å². The van der Waals surface area contributed by atoms with Crippen molar-refractivity contribution in [3.05, 3.63) is 24.3 Å². The summed E-state index contributed by atoms with van der Waals surface area (Å²) in [5, 5.41) is 0. The smallest absolute Gasteiger partial charge is 0.320 e. The van der Waals surface area contributed by atoms with Crippen LogP contribution in [0, 0.1) is 5.41 Å². The summed E-state index contributed by atoms with van der Waals surface area (Å²) in [5.41, 5.74) is -0.444. The Morgan fingerprint density at radius 2 is 1.93 bits per heavy atom. The molecule has 0 bridgehead atoms. The maximum absolute atomic E-state index is 11.1. The molecule has 0 N–H and O–H groups in total. The van der Waals surface area contributed by atoms with Crippen LogP contribution >= 0.6 is 0 Å². The highest BCUT2D eigenvalue weighted by Crippen LogP contribution is 2.35. The molecule has 0 radical (unpaired) electrons. The fourth-order valence-electron chi connectivity index (χ4n) is 1.65. The molecule has 4 heteroatoms. The van der Waals surface area contributed by atoms with Gasteiger partial charge in [-0.1, -0.05) is 24.3 Å². The molecule has 1 heterocycles. The molecule has 1 saturated heterocycles. The van der Waals surface area contributed by atoms with E-state index in [2.05, 4.69) is 0 Å². The first-order valence-corrected chi connectivity index (χ1v) is 4.83. The van der Waals surface area contributed by atoms with Gasteiger partial charge in [0.2, 0.25) is 0 Å². The lowest BCUT2D eigenvalue weighted by Gasteiger charge is -2.35. The minimum absolute atomic E-state index is 0.286. The van der Waals surface area contributed by atoms with Crippen molar-refractivity contribution in [2.75, 3.05) is 0 Å². The Bertz CT molecular complexity index is 340. The van der Waals surface area contributed by atoms with Crippen LogP contribution in [0.15, 0.2) is 24.3 Å². The van der Waals surface area contributed by atoms with Gasteiger partial charge in [-0.25, -0.2) is 0 Å². The second-order valence-electron chi connectivity index (χ2n) is 3.99. The molecule has 0 spiro atoms. The fourth-order valence-corrected chi connectivity index (χ4v) is 1.65. The zero-order valence-electron chi connectivity index (χ0n) is 8.43. The van der Waals surface area contributed by atoms with Gasteiger partial charge in [-0.05, 0) is 13.3 Å². The van der Waals surface area contributed by atoms with Gasteiger partial charge in [0.05, 0.1) is 5.41 Å². The second-order valence-corrected chi connectivity index (χ2v) is 3.99. The number of carbonyl (C=O) groups is 2. The molecule has 0 aromatic heterocycles. The molecule has 1 fully saturated rings. The number of cyclic esters (lactones) is 2. The van der Waals surface area contributed by atoms with Gasteiger partial charge in [0, 0.05) is 0 Å². The number of esters is 2. The van der Waals surface area contributed by atoms with E-state index < -0.39 is 23.6 Å². The van der Waals surface area contributed by atoms with Crippen molar-refractivity contribution >= 4 is 11.9 Å². The summed E-state index contributed by atoms with van der Waals surface area (Å²) >= 11 is 0. The van der Waals surface area contributed by atoms with Crippen molar-refractivity contribution in [1.29, 1.82) is 0 Å². The molecule has 80 valence electrons. The number of rotatable bonds is 1. The standard InChI is InChI=1S/C11H12O4/c1-11(5-3-2-4-6-11)10-14-8(12)7-9(13)15-10/h2-5,10H,6-7H2,1H3. The Morgan fingerprint density at radius 1 is 1.27 bits per heavy atom. The monoisotopic (exact) mass is 208 g/mol. The van der Waals surface area contributed by atoms with Crippen LogP contribution < -0.4 is 0 Å². The third-order valence-electron chi connectivity index (χ3n) is 2.59. The second kappa shape index (κ2) is 3.53. The first kappa shape index (κ1) is 9.96. The molecular weight excluding hydrogens is 196 g/mol. The first-order chi connectivity index (χ1) is 7.10. The summed E-state index contributed by atoms with van der Waals surface area (Å²) in [5.74, 6) is -1.03. The van der Waals surface area contributed by atoms with Crippen LogP contribution in [0.2, 0.25) is 0 Å². The third-order valence-corrected chi connectivity index (χ3v) is 2.59. The molecule has 1 atom stereocenters. The van der Waals surface area contributed by atoms with Gasteiger partial charge in [-0.15, -0.1) is 0 Å². The number of hydrogen-bond acceptors (Lipinski definition) is 4. The Balaban J connectivity index is 2.16. The molecule has 0 aromatic carbocycles. The van der Waals surface area contributed by atoms with Gasteiger partial charge in [0.15, 0.2) is 0 Å². The van der Waals surface area contributed by atoms with Gasteiger partial charge >= 0.3 is 11.9 Å². The average molecular weight is 208 g/mol. The predicted octanol–water partition coefficient (Wildman–Crippen LogP) is 1.33. The SMILES string of the molecule is CC1(C2OC(=O)CC(=O)O2)C=CC=CC1. The van der Waals surface area contributed by atoms with Crippen molar-refractivity contribution < 1.29 is 19.1 Å². The first-order valence-electron chi connectivity index (χ1n) is 4.83. The van der Waals surface area contributed by atoms with Crippen LogP contribution in [-0.2, 0) is 19.1 Å². The van der Waals surface area contributed by atoms with Crippen molar-refractivity contribution in [3.63, 3.8) is 0 Å². The Labute approximate surface area is 87.5 Å². The number of carbonyl (C=O) groups excluding carboxylic acids is 2. The summed E-state index contributed by atoms with van der Waals surface area (Å²) in [6.07, 6.45) is 7.22. The molecular formula is C11H12O4. The molecule has 2 aliphatic rings. The molecule has 1 aliphatic carbocycles. The van der Waals surface area contributed by atoms with Crippen molar-refractivity contribution in [3.8, 4) is 0 Å². The minimum Gasteiger partial charge on any atom is -0.424 e. The Kier molecular flexibility index (Phi) is 2.34. The normalized spacial score (nSPS) is 31.3. The summed E-state index contributed by atoms with van der Waals surface area (Å²) in [6, 6.07) is 0. The molecule has 0 aromatic rings. The van der Waals surface area contributed by atoms with E-state index in [1.165, 1.54) is 0 Å². The van der Waals surface area contributed by atoms with Gasteiger partial charge in [-0.2, -0.15) is 0 Å². The number of ether oxygens (including phenoxy) is 2. The largest absolute Gasteiger partial charge is 0.424 e. The van der Waals surface area contributed by atoms with Gasteiger partial charge < -0.3 is 9.47 Å². The summed E-state index contributed by atoms with van der Waals surface area (Å²) in [4.78, 5) is 22.2. The van der Waals surface area contributed by atoms with Crippen LogP contribution in [0.3, 0.4) is 0 Å². The van der Waals surface area contributed by atoms with Crippen molar-refractivity contribution in [2.24, 2.45) is 5.41 Å². The highest BCUT2D eigenvalue weighted by molar-refractivity contribution is 5.92. The van der Waals surface area contributed by atoms with Crippen LogP contribution in [0.4, 0.5) is 0 Å². The quantitative estimate of drug-likeness (QED) is 0.481. The average Bonchev–Trinajstić information content (AvgIpc) is 2.17. The molecule has 0 amide bonds. The van der Waals surface area contributed by atoms with Crippen molar-refractivity contribution in [1.82, 2.24) is 0 Å². The summed E-state index contributed by atoms with van der Waals surface area (Å²) < 4.78 is 10.1. The summed E-state index contributed by atoms with van der Waals surface area (Å²) in [7, 11) is 0. The lowest BCUT2D eigenvalue weighted by molar-refractivity contribution is -0.220. The molecule has 0 saturated carbocycles. The van der Waals surface area contributed by atoms with Gasteiger partial charge in [-0.3, -0.25) is 9.59 Å². The minimum atomic E-state index is -0.799. The van der Waals surface area contributed by atoms with E-state index >= 15 is 0 Å².